The van der Waals surface area contributed by atoms with E-state index in [9.17, 15) is 23.6 Å². The quantitative estimate of drug-likeness (QED) is 0.585. The van der Waals surface area contributed by atoms with Crippen molar-refractivity contribution >= 4 is 40.1 Å². The first-order valence-corrected chi connectivity index (χ1v) is 9.95. The second-order valence-corrected chi connectivity index (χ2v) is 7.04. The lowest BCUT2D eigenvalue weighted by atomic mass is 10.2. The van der Waals surface area contributed by atoms with Gasteiger partial charge < -0.3 is 20.1 Å². The van der Waals surface area contributed by atoms with Gasteiger partial charge in [0.15, 0.2) is 6.61 Å². The molecule has 0 bridgehead atoms. The van der Waals surface area contributed by atoms with E-state index in [2.05, 4.69) is 10.6 Å². The van der Waals surface area contributed by atoms with E-state index < -0.39 is 42.7 Å². The first-order chi connectivity index (χ1) is 14.3. The number of aryl methyl sites for hydroxylation is 1. The lowest BCUT2D eigenvalue weighted by Crippen LogP contribution is -2.32. The zero-order chi connectivity index (χ0) is 22.1. The minimum absolute atomic E-state index is 0.194. The van der Waals surface area contributed by atoms with E-state index >= 15 is 0 Å². The van der Waals surface area contributed by atoms with Crippen LogP contribution in [-0.4, -0.2) is 43.5 Å². The fourth-order valence-electron chi connectivity index (χ4n) is 2.32. The number of halogens is 1. The molecule has 1 heterocycles. The van der Waals surface area contributed by atoms with Crippen LogP contribution in [0.3, 0.4) is 0 Å². The highest BCUT2D eigenvalue weighted by Crippen LogP contribution is 2.29. The third-order valence-corrected chi connectivity index (χ3v) is 4.95. The van der Waals surface area contributed by atoms with E-state index in [-0.39, 0.29) is 17.7 Å². The lowest BCUT2D eigenvalue weighted by Gasteiger charge is -2.08. The molecule has 0 atom stereocenters. The number of amides is 2. The average Bonchev–Trinajstić information content (AvgIpc) is 3.14. The first-order valence-electron chi connectivity index (χ1n) is 9.13. The van der Waals surface area contributed by atoms with E-state index in [1.807, 2.05) is 6.92 Å². The number of ether oxygens (including phenoxy) is 2. The summed E-state index contributed by atoms with van der Waals surface area (Å²) in [7, 11) is 0. The summed E-state index contributed by atoms with van der Waals surface area (Å²) in [5.74, 6) is -3.59. The topological polar surface area (TPSA) is 111 Å². The predicted octanol–water partition coefficient (Wildman–Crippen LogP) is 2.54. The van der Waals surface area contributed by atoms with E-state index in [0.717, 1.165) is 10.9 Å². The molecule has 10 heteroatoms. The smallest absolute Gasteiger partial charge is 0.341 e. The minimum atomic E-state index is -0.874. The fraction of sp³-hybridized carbons (Fsp3) is 0.300. The van der Waals surface area contributed by atoms with Crippen LogP contribution in [0.15, 0.2) is 30.3 Å². The zero-order valence-electron chi connectivity index (χ0n) is 16.5. The summed E-state index contributed by atoms with van der Waals surface area (Å²) in [6.45, 7) is 2.63. The van der Waals surface area contributed by atoms with Gasteiger partial charge in [0.1, 0.15) is 17.4 Å². The van der Waals surface area contributed by atoms with Crippen LogP contribution in [0.1, 0.15) is 39.4 Å². The molecule has 2 aromatic rings. The lowest BCUT2D eigenvalue weighted by molar-refractivity contribution is -0.146. The first kappa shape index (κ1) is 23.0. The fourth-order valence-corrected chi connectivity index (χ4v) is 3.32. The molecule has 0 saturated heterocycles. The van der Waals surface area contributed by atoms with Crippen molar-refractivity contribution in [3.63, 3.8) is 0 Å². The number of anilines is 1. The molecular formula is C20H21FN2O6S. The monoisotopic (exact) mass is 436 g/mol. The van der Waals surface area contributed by atoms with Crippen LogP contribution >= 0.6 is 11.3 Å². The highest BCUT2D eigenvalue weighted by Gasteiger charge is 2.19. The molecule has 0 aliphatic carbocycles. The second-order valence-electron chi connectivity index (χ2n) is 5.90. The molecule has 0 unspecified atom stereocenters. The normalized spacial score (nSPS) is 10.2. The van der Waals surface area contributed by atoms with Gasteiger partial charge in [-0.05, 0) is 31.5 Å². The maximum absolute atomic E-state index is 13.5. The number of carbonyl (C=O) groups excluding carboxylic acids is 4. The van der Waals surface area contributed by atoms with Crippen LogP contribution < -0.4 is 10.6 Å². The van der Waals surface area contributed by atoms with Gasteiger partial charge in [0.2, 0.25) is 0 Å². The van der Waals surface area contributed by atoms with Crippen molar-refractivity contribution in [1.82, 2.24) is 5.32 Å². The Hall–Kier alpha value is -3.27. The number of hydrogen-bond donors (Lipinski definition) is 2. The maximum Gasteiger partial charge on any atom is 0.341 e. The van der Waals surface area contributed by atoms with Crippen LogP contribution in [0.4, 0.5) is 9.39 Å². The molecule has 2 amide bonds. The molecule has 30 heavy (non-hydrogen) atoms. The molecule has 0 aliphatic rings. The van der Waals surface area contributed by atoms with Gasteiger partial charge in [0.05, 0.1) is 17.7 Å². The number of thiophene rings is 1. The third-order valence-electron chi connectivity index (χ3n) is 3.76. The molecule has 1 aromatic heterocycles. The van der Waals surface area contributed by atoms with Gasteiger partial charge in [-0.1, -0.05) is 19.1 Å². The molecule has 160 valence electrons. The van der Waals surface area contributed by atoms with Crippen molar-refractivity contribution in [2.45, 2.75) is 20.3 Å². The molecule has 1 aromatic carbocycles. The molecular weight excluding hydrogens is 415 g/mol. The molecule has 0 aliphatic heterocycles. The number of rotatable bonds is 9. The number of benzene rings is 1. The Balaban J connectivity index is 1.85. The number of carbonyl (C=O) groups is 4. The number of esters is 2. The standard InChI is InChI=1S/C20H21FN2O6S/c1-3-12-9-14(20(27)28-4-2)19(30-12)23-16(24)11-29-17(25)10-22-18(26)13-7-5-6-8-15(13)21/h5-9H,3-4,10-11H2,1-2H3,(H,22,26)(H,23,24). The molecule has 0 spiro atoms. The van der Waals surface area contributed by atoms with Crippen molar-refractivity contribution in [2.24, 2.45) is 0 Å². The molecule has 8 nitrogen and oxygen atoms in total. The Morgan fingerprint density at radius 1 is 1.07 bits per heavy atom. The van der Waals surface area contributed by atoms with E-state index in [0.29, 0.717) is 11.4 Å². The van der Waals surface area contributed by atoms with Crippen LogP contribution in [0.2, 0.25) is 0 Å². The summed E-state index contributed by atoms with van der Waals surface area (Å²) in [6.07, 6.45) is 0.670. The van der Waals surface area contributed by atoms with Gasteiger partial charge in [0, 0.05) is 4.88 Å². The van der Waals surface area contributed by atoms with Crippen molar-refractivity contribution in [1.29, 1.82) is 0 Å². The highest BCUT2D eigenvalue weighted by atomic mass is 32.1. The minimum Gasteiger partial charge on any atom is -0.462 e. The van der Waals surface area contributed by atoms with Gasteiger partial charge >= 0.3 is 11.9 Å². The second kappa shape index (κ2) is 11.1. The zero-order valence-corrected chi connectivity index (χ0v) is 17.3. The van der Waals surface area contributed by atoms with Crippen molar-refractivity contribution < 1.29 is 33.0 Å². The summed E-state index contributed by atoms with van der Waals surface area (Å²) in [5.41, 5.74) is 0.0227. The number of nitrogens with one attached hydrogen (secondary N) is 2. The Morgan fingerprint density at radius 3 is 2.47 bits per heavy atom. The number of hydrogen-bond acceptors (Lipinski definition) is 7. The molecule has 2 rings (SSSR count). The molecule has 0 saturated carbocycles. The van der Waals surface area contributed by atoms with Gasteiger partial charge in [-0.3, -0.25) is 14.4 Å². The summed E-state index contributed by atoms with van der Waals surface area (Å²) < 4.78 is 23.3. The van der Waals surface area contributed by atoms with Gasteiger partial charge in [-0.2, -0.15) is 0 Å². The predicted molar refractivity (Wildman–Crippen MR) is 108 cm³/mol. The van der Waals surface area contributed by atoms with E-state index in [1.54, 1.807) is 13.0 Å². The Bertz CT molecular complexity index is 943. The Labute approximate surface area is 176 Å². The van der Waals surface area contributed by atoms with E-state index in [1.165, 1.54) is 29.5 Å². The third kappa shape index (κ3) is 6.38. The Kier molecular flexibility index (Phi) is 8.48. The molecule has 0 fully saturated rings. The largest absolute Gasteiger partial charge is 0.462 e. The van der Waals surface area contributed by atoms with Crippen molar-refractivity contribution in [3.8, 4) is 0 Å². The maximum atomic E-state index is 13.5. The summed E-state index contributed by atoms with van der Waals surface area (Å²) >= 11 is 1.22. The summed E-state index contributed by atoms with van der Waals surface area (Å²) in [5, 5.41) is 5.05. The summed E-state index contributed by atoms with van der Waals surface area (Å²) in [4.78, 5) is 48.6. The summed E-state index contributed by atoms with van der Waals surface area (Å²) in [6, 6.07) is 6.96. The Morgan fingerprint density at radius 2 is 1.80 bits per heavy atom. The van der Waals surface area contributed by atoms with Gasteiger partial charge in [-0.15, -0.1) is 11.3 Å². The highest BCUT2D eigenvalue weighted by molar-refractivity contribution is 7.16. The average molecular weight is 436 g/mol. The van der Waals surface area contributed by atoms with Crippen LogP contribution in [0.5, 0.6) is 0 Å². The van der Waals surface area contributed by atoms with Crippen LogP contribution in [0.25, 0.3) is 0 Å². The van der Waals surface area contributed by atoms with Gasteiger partial charge in [-0.25, -0.2) is 9.18 Å². The van der Waals surface area contributed by atoms with E-state index in [4.69, 9.17) is 9.47 Å². The van der Waals surface area contributed by atoms with Crippen LogP contribution in [-0.2, 0) is 25.5 Å². The SMILES string of the molecule is CCOC(=O)c1cc(CC)sc1NC(=O)COC(=O)CNC(=O)c1ccccc1F. The van der Waals surface area contributed by atoms with Gasteiger partial charge in [0.25, 0.3) is 11.8 Å². The van der Waals surface area contributed by atoms with Crippen molar-refractivity contribution in [3.05, 3.63) is 52.2 Å². The molecule has 0 radical (unpaired) electrons. The molecule has 2 N–H and O–H groups in total. The van der Waals surface area contributed by atoms with Crippen LogP contribution in [0, 0.1) is 5.82 Å². The van der Waals surface area contributed by atoms with Crippen molar-refractivity contribution in [2.75, 3.05) is 25.1 Å².